The number of likely N-dealkylation sites (tertiary alicyclic amines) is 1. The third kappa shape index (κ3) is 5.82. The van der Waals surface area contributed by atoms with Crippen LogP contribution in [0.1, 0.15) is 17.8 Å². The predicted molar refractivity (Wildman–Crippen MR) is 125 cm³/mol. The third-order valence-corrected chi connectivity index (χ3v) is 9.11. The summed E-state index contributed by atoms with van der Waals surface area (Å²) in [5, 5.41) is 8.97. The lowest BCUT2D eigenvalue weighted by Crippen LogP contribution is -2.30. The van der Waals surface area contributed by atoms with Crippen molar-refractivity contribution in [2.45, 2.75) is 28.8 Å². The van der Waals surface area contributed by atoms with Crippen LogP contribution in [0.3, 0.4) is 0 Å². The van der Waals surface area contributed by atoms with Gasteiger partial charge < -0.3 is 9.64 Å². The zero-order valence-corrected chi connectivity index (χ0v) is 19.8. The van der Waals surface area contributed by atoms with E-state index in [4.69, 9.17) is 4.74 Å². The molecule has 2 N–H and O–H groups in total. The molecular weight excluding hydrogens is 470 g/mol. The highest BCUT2D eigenvalue weighted by molar-refractivity contribution is 7.92. The lowest BCUT2D eigenvalue weighted by Gasteiger charge is -2.19. The Balaban J connectivity index is 1.30. The van der Waals surface area contributed by atoms with Gasteiger partial charge in [-0.05, 0) is 43.9 Å². The molecule has 0 radical (unpaired) electrons. The number of thiazole rings is 1. The number of carbonyl (C=O) groups is 1. The second-order valence-corrected chi connectivity index (χ2v) is 11.5. The number of nitrogens with one attached hydrogen (secondary N) is 2. The van der Waals surface area contributed by atoms with E-state index >= 15 is 0 Å². The van der Waals surface area contributed by atoms with E-state index in [2.05, 4.69) is 32.5 Å². The lowest BCUT2D eigenvalue weighted by molar-refractivity contribution is 0.193. The first-order valence-electron chi connectivity index (χ1n) is 9.98. The molecule has 170 valence electrons. The number of sulfone groups is 1. The van der Waals surface area contributed by atoms with Crippen LogP contribution in [0.5, 0.6) is 5.88 Å². The minimum Gasteiger partial charge on any atom is -0.476 e. The normalized spacial score (nSPS) is 16.7. The van der Waals surface area contributed by atoms with Gasteiger partial charge in [0, 0.05) is 17.5 Å². The number of pyridine rings is 1. The smallest absolute Gasteiger partial charge is 0.326 e. The van der Waals surface area contributed by atoms with Crippen LogP contribution in [-0.4, -0.2) is 55.6 Å². The third-order valence-electron chi connectivity index (χ3n) is 4.97. The van der Waals surface area contributed by atoms with E-state index < -0.39 is 15.9 Å². The maximum absolute atomic E-state index is 12.4. The fraction of sp³-hybridized carbons (Fsp3) is 0.350. The Labute approximate surface area is 194 Å². The summed E-state index contributed by atoms with van der Waals surface area (Å²) in [6.07, 6.45) is 2.26. The maximum atomic E-state index is 12.4. The van der Waals surface area contributed by atoms with Gasteiger partial charge in [-0.2, -0.15) is 4.98 Å². The molecule has 1 fully saturated rings. The van der Waals surface area contributed by atoms with E-state index in [9.17, 15) is 13.2 Å². The number of urea groups is 1. The van der Waals surface area contributed by atoms with Crippen molar-refractivity contribution in [3.05, 3.63) is 46.1 Å². The number of amides is 2. The lowest BCUT2D eigenvalue weighted by atomic mass is 10.2. The van der Waals surface area contributed by atoms with Crippen molar-refractivity contribution in [2.75, 3.05) is 30.8 Å². The number of likely N-dealkylation sites (N-methyl/N-ethyl adjacent to an activating group) is 1. The second kappa shape index (κ2) is 9.94. The molecule has 1 atom stereocenters. The van der Waals surface area contributed by atoms with E-state index in [1.807, 2.05) is 0 Å². The van der Waals surface area contributed by atoms with Gasteiger partial charge >= 0.3 is 6.03 Å². The summed E-state index contributed by atoms with van der Waals surface area (Å²) >= 11 is 2.34. The van der Waals surface area contributed by atoms with Crippen LogP contribution in [0.15, 0.2) is 45.3 Å². The summed E-state index contributed by atoms with van der Waals surface area (Å²) in [4.78, 5) is 23.1. The molecule has 2 amide bonds. The zero-order chi connectivity index (χ0) is 22.6. The average molecular weight is 494 g/mol. The Kier molecular flexibility index (Phi) is 7.04. The molecule has 9 nitrogen and oxygen atoms in total. The molecule has 0 spiro atoms. The van der Waals surface area contributed by atoms with Crippen molar-refractivity contribution in [1.29, 1.82) is 0 Å². The van der Waals surface area contributed by atoms with Crippen LogP contribution in [0, 0.1) is 0 Å². The predicted octanol–water partition coefficient (Wildman–Crippen LogP) is 3.69. The van der Waals surface area contributed by atoms with Crippen LogP contribution >= 0.6 is 22.7 Å². The molecular formula is C20H23N5O4S3. The molecule has 12 heteroatoms. The quantitative estimate of drug-likeness (QED) is 0.492. The standard InChI is InChI=1S/C20H23N5O4S3/c1-25-9-3-5-14(25)11-29-17-7-2-6-15(21-17)23-20(26)24-16-12-31-18(22-16)13-32(27,28)19-8-4-10-30-19/h2,4,6-8,10,12,14H,3,5,9,11,13H2,1H3,(H2,21,23,24,26). The molecule has 0 aromatic carbocycles. The minimum atomic E-state index is -3.44. The number of nitrogens with zero attached hydrogens (tertiary/aromatic N) is 3. The van der Waals surface area contributed by atoms with Crippen LogP contribution < -0.4 is 15.4 Å². The van der Waals surface area contributed by atoms with Crippen molar-refractivity contribution in [3.63, 3.8) is 0 Å². The van der Waals surface area contributed by atoms with E-state index in [1.54, 1.807) is 41.1 Å². The molecule has 4 heterocycles. The molecule has 4 rings (SSSR count). The monoisotopic (exact) mass is 493 g/mol. The van der Waals surface area contributed by atoms with Crippen LogP contribution in [-0.2, 0) is 15.6 Å². The largest absolute Gasteiger partial charge is 0.476 e. The molecule has 0 saturated carbocycles. The van der Waals surface area contributed by atoms with Crippen LogP contribution in [0.25, 0.3) is 0 Å². The fourth-order valence-electron chi connectivity index (χ4n) is 3.31. The maximum Gasteiger partial charge on any atom is 0.326 e. The number of aromatic nitrogens is 2. The zero-order valence-electron chi connectivity index (χ0n) is 17.4. The Morgan fingerprint density at radius 3 is 2.78 bits per heavy atom. The molecule has 0 bridgehead atoms. The Hall–Kier alpha value is -2.54. The number of thiophene rings is 1. The first-order chi connectivity index (χ1) is 15.4. The van der Waals surface area contributed by atoms with Crippen LogP contribution in [0.2, 0.25) is 0 Å². The van der Waals surface area contributed by atoms with Gasteiger partial charge in [-0.15, -0.1) is 22.7 Å². The van der Waals surface area contributed by atoms with E-state index in [-0.39, 0.29) is 11.6 Å². The highest BCUT2D eigenvalue weighted by atomic mass is 32.2. The molecule has 32 heavy (non-hydrogen) atoms. The van der Waals surface area contributed by atoms with E-state index in [0.717, 1.165) is 19.4 Å². The molecule has 1 saturated heterocycles. The number of hydrogen-bond donors (Lipinski definition) is 2. The van der Waals surface area contributed by atoms with Crippen molar-refractivity contribution < 1.29 is 17.9 Å². The Morgan fingerprint density at radius 1 is 1.19 bits per heavy atom. The summed E-state index contributed by atoms with van der Waals surface area (Å²) in [5.41, 5.74) is 0. The molecule has 3 aromatic heterocycles. The SMILES string of the molecule is CN1CCCC1COc1cccc(NC(=O)Nc2csc(CS(=O)(=O)c3cccs3)n2)n1. The highest BCUT2D eigenvalue weighted by Crippen LogP contribution is 2.24. The van der Waals surface area contributed by atoms with Gasteiger partial charge in [0.1, 0.15) is 33.2 Å². The van der Waals surface area contributed by atoms with Gasteiger partial charge in [0.2, 0.25) is 5.88 Å². The first kappa shape index (κ1) is 22.6. The van der Waals surface area contributed by atoms with Crippen LogP contribution in [0.4, 0.5) is 16.4 Å². The van der Waals surface area contributed by atoms with Gasteiger partial charge in [-0.3, -0.25) is 10.6 Å². The van der Waals surface area contributed by atoms with Gasteiger partial charge in [-0.1, -0.05) is 12.1 Å². The number of hydrogen-bond acceptors (Lipinski definition) is 9. The van der Waals surface area contributed by atoms with Gasteiger partial charge in [0.15, 0.2) is 9.84 Å². The molecule has 1 aliphatic rings. The van der Waals surface area contributed by atoms with E-state index in [1.165, 1.54) is 22.7 Å². The molecule has 3 aromatic rings. The summed E-state index contributed by atoms with van der Waals surface area (Å²) in [7, 11) is -1.36. The molecule has 0 aliphatic carbocycles. The highest BCUT2D eigenvalue weighted by Gasteiger charge is 2.22. The Bertz CT molecular complexity index is 1160. The number of anilines is 2. The van der Waals surface area contributed by atoms with Gasteiger partial charge in [0.05, 0.1) is 0 Å². The minimum absolute atomic E-state index is 0.210. The molecule has 1 unspecified atom stereocenters. The fourth-order valence-corrected chi connectivity index (χ4v) is 6.75. The summed E-state index contributed by atoms with van der Waals surface area (Å²) < 4.78 is 30.8. The van der Waals surface area contributed by atoms with Crippen molar-refractivity contribution in [3.8, 4) is 5.88 Å². The summed E-state index contributed by atoms with van der Waals surface area (Å²) in [6.45, 7) is 1.62. The topological polar surface area (TPSA) is 114 Å². The van der Waals surface area contributed by atoms with Crippen molar-refractivity contribution >= 4 is 50.2 Å². The van der Waals surface area contributed by atoms with Crippen molar-refractivity contribution in [2.24, 2.45) is 0 Å². The summed E-state index contributed by atoms with van der Waals surface area (Å²) in [6, 6.07) is 8.27. The Morgan fingerprint density at radius 2 is 2.03 bits per heavy atom. The summed E-state index contributed by atoms with van der Waals surface area (Å²) in [5.74, 6) is 0.854. The number of rotatable bonds is 8. The molecule has 1 aliphatic heterocycles. The van der Waals surface area contributed by atoms with Gasteiger partial charge in [-0.25, -0.2) is 18.2 Å². The van der Waals surface area contributed by atoms with Crippen molar-refractivity contribution in [1.82, 2.24) is 14.9 Å². The van der Waals surface area contributed by atoms with Gasteiger partial charge in [0.25, 0.3) is 0 Å². The second-order valence-electron chi connectivity index (χ2n) is 7.35. The number of ether oxygens (including phenoxy) is 1. The van der Waals surface area contributed by atoms with E-state index in [0.29, 0.717) is 33.6 Å². The first-order valence-corrected chi connectivity index (χ1v) is 13.4. The number of carbonyl (C=O) groups excluding carboxylic acids is 1. The average Bonchev–Trinajstić information content (AvgIpc) is 3.50.